The quantitative estimate of drug-likeness (QED) is 0.527. The lowest BCUT2D eigenvalue weighted by molar-refractivity contribution is -0.170. The van der Waals surface area contributed by atoms with Crippen LogP contribution < -0.4 is 15.2 Å². The number of hydrogen-bond acceptors (Lipinski definition) is 7. The van der Waals surface area contributed by atoms with Crippen LogP contribution in [0.25, 0.3) is 10.6 Å². The predicted octanol–water partition coefficient (Wildman–Crippen LogP) is 2.41. The summed E-state index contributed by atoms with van der Waals surface area (Å²) < 4.78 is 67.3. The van der Waals surface area contributed by atoms with Crippen molar-refractivity contribution in [2.24, 2.45) is 0 Å². The monoisotopic (exact) mass is 527 g/mol. The third-order valence-corrected chi connectivity index (χ3v) is 7.92. The molecule has 0 saturated carbocycles. The van der Waals surface area contributed by atoms with Gasteiger partial charge in [-0.1, -0.05) is 0 Å². The highest BCUT2D eigenvalue weighted by Gasteiger charge is 2.44. The van der Waals surface area contributed by atoms with Crippen molar-refractivity contribution < 1.29 is 26.4 Å². The zero-order valence-corrected chi connectivity index (χ0v) is 20.2. The minimum absolute atomic E-state index is 0.0347. The van der Waals surface area contributed by atoms with Crippen LogP contribution in [-0.4, -0.2) is 48.4 Å². The van der Waals surface area contributed by atoms with Gasteiger partial charge in [0.25, 0.3) is 5.56 Å². The van der Waals surface area contributed by atoms with Gasteiger partial charge in [-0.05, 0) is 50.1 Å². The number of amides is 1. The maximum absolute atomic E-state index is 12.8. The highest BCUT2D eigenvalue weighted by Crippen LogP contribution is 2.33. The molecule has 1 aliphatic rings. The molecule has 1 aromatic carbocycles. The molecule has 1 amide bonds. The molecule has 0 atom stereocenters. The van der Waals surface area contributed by atoms with Gasteiger partial charge < -0.3 is 4.90 Å². The lowest BCUT2D eigenvalue weighted by atomic mass is 10.2. The first-order chi connectivity index (χ1) is 16.4. The minimum atomic E-state index is -5.02. The number of benzene rings is 1. The first kappa shape index (κ1) is 25.0. The van der Waals surface area contributed by atoms with Gasteiger partial charge in [-0.15, -0.1) is 11.3 Å². The second-order valence-corrected chi connectivity index (χ2v) is 10.8. The summed E-state index contributed by atoms with van der Waals surface area (Å²) in [5, 5.41) is 5.16. The number of carbonyl (C=O) groups excluding carboxylic acids is 1. The van der Waals surface area contributed by atoms with Gasteiger partial charge in [0.05, 0.1) is 27.0 Å². The molecule has 0 saturated heterocycles. The van der Waals surface area contributed by atoms with Crippen LogP contribution in [0.5, 0.6) is 0 Å². The Labute approximate surface area is 202 Å². The fourth-order valence-electron chi connectivity index (χ4n) is 3.78. The second kappa shape index (κ2) is 9.17. The van der Waals surface area contributed by atoms with Crippen molar-refractivity contribution in [2.75, 3.05) is 18.0 Å². The number of nitrogens with one attached hydrogen (secondary N) is 1. The third-order valence-electron chi connectivity index (χ3n) is 5.36. The minimum Gasteiger partial charge on any atom is -0.304 e. The van der Waals surface area contributed by atoms with Gasteiger partial charge in [0.2, 0.25) is 10.0 Å². The van der Waals surface area contributed by atoms with Crippen LogP contribution in [0.1, 0.15) is 16.3 Å². The fraction of sp³-hybridized carbons (Fsp3) is 0.333. The number of rotatable bonds is 6. The Hall–Kier alpha value is -3.10. The molecule has 9 nitrogen and oxygen atoms in total. The van der Waals surface area contributed by atoms with Crippen molar-refractivity contribution >= 4 is 33.0 Å². The second-order valence-electron chi connectivity index (χ2n) is 7.82. The predicted molar refractivity (Wildman–Crippen MR) is 123 cm³/mol. The highest BCUT2D eigenvalue weighted by atomic mass is 32.2. The number of hydrogen-bond donors (Lipinski definition) is 1. The maximum atomic E-state index is 12.8. The Morgan fingerprint density at radius 3 is 2.60 bits per heavy atom. The van der Waals surface area contributed by atoms with Gasteiger partial charge >= 0.3 is 12.1 Å². The molecule has 0 bridgehead atoms. The van der Waals surface area contributed by atoms with E-state index >= 15 is 0 Å². The van der Waals surface area contributed by atoms with Crippen molar-refractivity contribution in [3.05, 3.63) is 57.0 Å². The molecule has 14 heteroatoms. The number of thiazole rings is 1. The van der Waals surface area contributed by atoms with E-state index < -0.39 is 27.7 Å². The summed E-state index contributed by atoms with van der Waals surface area (Å²) in [5.41, 5.74) is 1.28. The Morgan fingerprint density at radius 2 is 1.94 bits per heavy atom. The van der Waals surface area contributed by atoms with Gasteiger partial charge in [0.15, 0.2) is 0 Å². The molecule has 2 aromatic heterocycles. The molecule has 0 aliphatic carbocycles. The van der Waals surface area contributed by atoms with Gasteiger partial charge in [-0.2, -0.15) is 18.3 Å². The number of aryl methyl sites for hydroxylation is 2. The van der Waals surface area contributed by atoms with E-state index in [9.17, 15) is 31.2 Å². The smallest absolute Gasteiger partial charge is 0.304 e. The van der Waals surface area contributed by atoms with E-state index in [1.807, 2.05) is 13.8 Å². The van der Waals surface area contributed by atoms with Crippen LogP contribution in [0, 0.1) is 13.8 Å². The SMILES string of the molecule is Cc1nc(C)c(-c2ccc(=O)n(CCNS(=O)(=O)c3ccc4c(c3)CCN4C(=O)C(F)(F)F)n2)s1. The molecule has 0 fully saturated rings. The van der Waals surface area contributed by atoms with Crippen LogP contribution in [0.4, 0.5) is 18.9 Å². The van der Waals surface area contributed by atoms with Crippen LogP contribution >= 0.6 is 11.3 Å². The molecule has 0 radical (unpaired) electrons. The molecular weight excluding hydrogens is 507 g/mol. The molecule has 1 N–H and O–H groups in total. The number of anilines is 1. The van der Waals surface area contributed by atoms with Crippen molar-refractivity contribution in [3.8, 4) is 10.6 Å². The molecule has 3 heterocycles. The summed E-state index contributed by atoms with van der Waals surface area (Å²) in [7, 11) is -4.02. The zero-order valence-electron chi connectivity index (χ0n) is 18.6. The van der Waals surface area contributed by atoms with Crippen LogP contribution in [-0.2, 0) is 27.8 Å². The van der Waals surface area contributed by atoms with Crippen molar-refractivity contribution in [2.45, 2.75) is 37.9 Å². The van der Waals surface area contributed by atoms with Crippen molar-refractivity contribution in [1.82, 2.24) is 19.5 Å². The van der Waals surface area contributed by atoms with Gasteiger partial charge in [0.1, 0.15) is 5.69 Å². The van der Waals surface area contributed by atoms with Gasteiger partial charge in [0, 0.05) is 24.8 Å². The molecule has 0 spiro atoms. The van der Waals surface area contributed by atoms with E-state index in [1.54, 1.807) is 6.07 Å². The summed E-state index contributed by atoms with van der Waals surface area (Å²) in [6.45, 7) is 3.32. The highest BCUT2D eigenvalue weighted by molar-refractivity contribution is 7.89. The summed E-state index contributed by atoms with van der Waals surface area (Å²) in [6.07, 6.45) is -4.92. The van der Waals surface area contributed by atoms with Gasteiger partial charge in [-0.25, -0.2) is 22.8 Å². The number of carbonyl (C=O) groups is 1. The number of sulfonamides is 1. The lowest BCUT2D eigenvalue weighted by Crippen LogP contribution is -2.40. The van der Waals surface area contributed by atoms with Crippen molar-refractivity contribution in [3.63, 3.8) is 0 Å². The topological polar surface area (TPSA) is 114 Å². The average Bonchev–Trinajstić information content (AvgIpc) is 3.35. The number of nitrogens with zero attached hydrogens (tertiary/aromatic N) is 4. The summed E-state index contributed by atoms with van der Waals surface area (Å²) in [4.78, 5) is 29.4. The normalized spacial score (nSPS) is 13.8. The summed E-state index contributed by atoms with van der Waals surface area (Å²) >= 11 is 1.43. The van der Waals surface area contributed by atoms with Crippen molar-refractivity contribution in [1.29, 1.82) is 0 Å². The van der Waals surface area contributed by atoms with Gasteiger partial charge in [-0.3, -0.25) is 9.59 Å². The molecule has 4 rings (SSSR count). The lowest BCUT2D eigenvalue weighted by Gasteiger charge is -2.19. The van der Waals surface area contributed by atoms with E-state index in [-0.39, 0.29) is 36.6 Å². The third kappa shape index (κ3) is 5.13. The molecule has 186 valence electrons. The molecule has 3 aromatic rings. The Morgan fingerprint density at radius 1 is 1.20 bits per heavy atom. The van der Waals surface area contributed by atoms with E-state index in [0.717, 1.165) is 26.3 Å². The summed E-state index contributed by atoms with van der Waals surface area (Å²) in [5.74, 6) is -1.99. The van der Waals surface area contributed by atoms with E-state index in [1.165, 1.54) is 29.5 Å². The maximum Gasteiger partial charge on any atom is 0.471 e. The first-order valence-corrected chi connectivity index (χ1v) is 12.7. The summed E-state index contributed by atoms with van der Waals surface area (Å²) in [6, 6.07) is 6.51. The number of fused-ring (bicyclic) bond motifs is 1. The van der Waals surface area contributed by atoms with E-state index in [0.29, 0.717) is 16.2 Å². The van der Waals surface area contributed by atoms with E-state index in [2.05, 4.69) is 14.8 Å². The number of halogens is 3. The molecule has 1 aliphatic heterocycles. The van der Waals surface area contributed by atoms with Crippen LogP contribution in [0.3, 0.4) is 0 Å². The number of alkyl halides is 3. The average molecular weight is 528 g/mol. The first-order valence-electron chi connectivity index (χ1n) is 10.4. The van der Waals surface area contributed by atoms with Crippen LogP contribution in [0.2, 0.25) is 0 Å². The molecule has 35 heavy (non-hydrogen) atoms. The molecular formula is C21H20F3N5O4S2. The zero-order chi connectivity index (χ0) is 25.5. The van der Waals surface area contributed by atoms with Crippen LogP contribution in [0.15, 0.2) is 40.0 Å². The fourth-order valence-corrected chi connectivity index (χ4v) is 5.73. The Kier molecular flexibility index (Phi) is 6.55. The largest absolute Gasteiger partial charge is 0.471 e. The molecule has 0 unspecified atom stereocenters. The Balaban J connectivity index is 1.47. The van der Waals surface area contributed by atoms with E-state index in [4.69, 9.17) is 0 Å². The Bertz CT molecular complexity index is 1460. The number of aromatic nitrogens is 3. The standard InChI is InChI=1S/C21H20F3N5O4S2/c1-12-19(34-13(2)26-12)16-4-6-18(30)29(27-16)10-8-25-35(32,33)15-3-5-17-14(11-15)7-9-28(17)20(31)21(22,23)24/h3-6,11,25H,7-10H2,1-2H3.